The molecule has 0 fully saturated rings. The average Bonchev–Trinajstić information content (AvgIpc) is 2.31. The van der Waals surface area contributed by atoms with Crippen LogP contribution >= 0.6 is 12.9 Å². The van der Waals surface area contributed by atoms with Crippen LogP contribution in [0.2, 0.25) is 0 Å². The van der Waals surface area contributed by atoms with Crippen LogP contribution in [0.3, 0.4) is 0 Å². The zero-order valence-electron chi connectivity index (χ0n) is 10.9. The monoisotopic (exact) mass is 306 g/mol. The molecule has 0 N–H and O–H groups in total. The molecule has 0 aliphatic carbocycles. The van der Waals surface area contributed by atoms with Gasteiger partial charge in [-0.25, -0.2) is 3.63 Å². The van der Waals surface area contributed by atoms with E-state index in [0.29, 0.717) is 6.42 Å². The number of hydrogen-bond acceptors (Lipinski definition) is 4. The van der Waals surface area contributed by atoms with Crippen LogP contribution in [0.1, 0.15) is 71.1 Å². The summed E-state index contributed by atoms with van der Waals surface area (Å²) in [7, 11) is -3.36. The first kappa shape index (κ1) is 21.6. The van der Waals surface area contributed by atoms with E-state index in [0.717, 1.165) is 12.8 Å². The van der Waals surface area contributed by atoms with Crippen molar-refractivity contribution in [2.24, 2.45) is 0 Å². The average molecular weight is 306 g/mol. The predicted octanol–water partition coefficient (Wildman–Crippen LogP) is 3.45. The molecule has 18 heavy (non-hydrogen) atoms. The minimum absolute atomic E-state index is 0. The molecule has 0 aromatic carbocycles. The molecule has 0 rings (SSSR count). The molecule has 0 aliphatic heterocycles. The number of hydrogen-bond donors (Lipinski definition) is 1. The first-order chi connectivity index (χ1) is 8.12. The van der Waals surface area contributed by atoms with Crippen molar-refractivity contribution < 1.29 is 12.0 Å². The molecule has 3 nitrogen and oxygen atoms in total. The molecule has 0 saturated carbocycles. The molecule has 6 heteroatoms. The van der Waals surface area contributed by atoms with Crippen LogP contribution in [-0.2, 0) is 13.7 Å². The van der Waals surface area contributed by atoms with E-state index in [1.165, 1.54) is 44.9 Å². The predicted molar refractivity (Wildman–Crippen MR) is 82.9 cm³/mol. The van der Waals surface area contributed by atoms with Gasteiger partial charge in [0, 0.05) is 0 Å². The fraction of sp³-hybridized carbons (Fsp3) is 1.00. The molecule has 0 heterocycles. The molecule has 0 aliphatic rings. The minimum atomic E-state index is -3.36. The maximum atomic E-state index is 10.9. The Balaban J connectivity index is 0. The van der Waals surface area contributed by atoms with Gasteiger partial charge < -0.3 is 0 Å². The van der Waals surface area contributed by atoms with Crippen molar-refractivity contribution in [3.63, 3.8) is 0 Å². The second kappa shape index (κ2) is 14.7. The summed E-state index contributed by atoms with van der Waals surface area (Å²) >= 11 is 3.31. The molecule has 0 aromatic rings. The first-order valence-corrected chi connectivity index (χ1v) is 8.62. The molecule has 0 radical (unpaired) electrons. The van der Waals surface area contributed by atoms with Crippen LogP contribution in [0.5, 0.6) is 0 Å². The van der Waals surface area contributed by atoms with Crippen LogP contribution in [0.15, 0.2) is 0 Å². The van der Waals surface area contributed by atoms with E-state index in [-0.39, 0.29) is 35.3 Å². The van der Waals surface area contributed by atoms with Crippen LogP contribution in [0, 0.1) is 0 Å². The van der Waals surface area contributed by atoms with Crippen molar-refractivity contribution in [2.45, 2.75) is 71.1 Å². The standard InChI is InChI=1S/C12H26O3S2.Na.H/c1-2-3-4-5-6-7-8-9-10-11-12-17(13,14)15-16;;/h16H,2-12H2,1H3;;. The fourth-order valence-electron chi connectivity index (χ4n) is 1.80. The Kier molecular flexibility index (Phi) is 17.6. The summed E-state index contributed by atoms with van der Waals surface area (Å²) in [6.45, 7) is 2.22. The van der Waals surface area contributed by atoms with Crippen molar-refractivity contribution in [3.8, 4) is 0 Å². The van der Waals surface area contributed by atoms with Crippen molar-refractivity contribution in [3.05, 3.63) is 0 Å². The van der Waals surface area contributed by atoms with E-state index in [1.54, 1.807) is 0 Å². The Morgan fingerprint density at radius 2 is 1.22 bits per heavy atom. The van der Waals surface area contributed by atoms with Gasteiger partial charge in [0.2, 0.25) is 0 Å². The maximum absolute atomic E-state index is 10.9. The van der Waals surface area contributed by atoms with Crippen molar-refractivity contribution in [2.75, 3.05) is 5.75 Å². The normalized spacial score (nSPS) is 11.2. The van der Waals surface area contributed by atoms with E-state index >= 15 is 0 Å². The van der Waals surface area contributed by atoms with Crippen molar-refractivity contribution in [1.82, 2.24) is 0 Å². The molecule has 0 aromatic heterocycles. The molecular weight excluding hydrogens is 279 g/mol. The van der Waals surface area contributed by atoms with Gasteiger partial charge in [-0.2, -0.15) is 8.42 Å². The second-order valence-electron chi connectivity index (χ2n) is 4.52. The molecule has 0 bridgehead atoms. The summed E-state index contributed by atoms with van der Waals surface area (Å²) in [5, 5.41) is 0. The number of rotatable bonds is 12. The molecule has 0 unspecified atom stereocenters. The molecule has 0 saturated heterocycles. The molecule has 0 atom stereocenters. The van der Waals surface area contributed by atoms with Crippen LogP contribution in [0.25, 0.3) is 0 Å². The Labute approximate surface area is 140 Å². The van der Waals surface area contributed by atoms with E-state index in [2.05, 4.69) is 23.5 Å². The molecule has 0 spiro atoms. The van der Waals surface area contributed by atoms with Gasteiger partial charge >= 0.3 is 29.6 Å². The Morgan fingerprint density at radius 3 is 1.61 bits per heavy atom. The molecule has 106 valence electrons. The first-order valence-electron chi connectivity index (χ1n) is 6.68. The van der Waals surface area contributed by atoms with Crippen LogP contribution < -0.4 is 0 Å². The zero-order chi connectivity index (χ0) is 13.0. The summed E-state index contributed by atoms with van der Waals surface area (Å²) in [6, 6.07) is 0. The van der Waals surface area contributed by atoms with Crippen molar-refractivity contribution in [1.29, 1.82) is 0 Å². The third kappa shape index (κ3) is 15.3. The van der Waals surface area contributed by atoms with Gasteiger partial charge in [0.1, 0.15) is 0 Å². The van der Waals surface area contributed by atoms with Gasteiger partial charge in [0.25, 0.3) is 10.1 Å². The van der Waals surface area contributed by atoms with Gasteiger partial charge in [-0.3, -0.25) is 0 Å². The van der Waals surface area contributed by atoms with Gasteiger partial charge in [-0.05, 0) is 19.3 Å². The fourth-order valence-corrected chi connectivity index (χ4v) is 2.66. The van der Waals surface area contributed by atoms with Crippen LogP contribution in [0.4, 0.5) is 0 Å². The summed E-state index contributed by atoms with van der Waals surface area (Å²) in [4.78, 5) is 0. The van der Waals surface area contributed by atoms with Crippen LogP contribution in [-0.4, -0.2) is 43.7 Å². The van der Waals surface area contributed by atoms with Gasteiger partial charge in [-0.1, -0.05) is 64.7 Å². The summed E-state index contributed by atoms with van der Waals surface area (Å²) in [5.74, 6) is 0.0903. The second-order valence-corrected chi connectivity index (χ2v) is 6.64. The third-order valence-electron chi connectivity index (χ3n) is 2.86. The van der Waals surface area contributed by atoms with Gasteiger partial charge in [0.15, 0.2) is 0 Å². The SMILES string of the molecule is CCCCCCCCCCCCS(=O)(=O)OS.[NaH]. The summed E-state index contributed by atoms with van der Waals surface area (Å²) in [6.07, 6.45) is 11.9. The van der Waals surface area contributed by atoms with E-state index in [4.69, 9.17) is 0 Å². The summed E-state index contributed by atoms with van der Waals surface area (Å²) in [5.41, 5.74) is 0. The summed E-state index contributed by atoms with van der Waals surface area (Å²) < 4.78 is 26.0. The van der Waals surface area contributed by atoms with Crippen molar-refractivity contribution >= 4 is 52.6 Å². The third-order valence-corrected chi connectivity index (χ3v) is 4.56. The molecule has 0 amide bonds. The Bertz CT molecular complexity index is 256. The Hall–Kier alpha value is 1.26. The van der Waals surface area contributed by atoms with E-state index < -0.39 is 10.1 Å². The number of thiol groups is 1. The molecular formula is C12H27NaO3S2. The zero-order valence-corrected chi connectivity index (χ0v) is 12.6. The topological polar surface area (TPSA) is 43.4 Å². The van der Waals surface area contributed by atoms with E-state index in [1.807, 2.05) is 0 Å². The Morgan fingerprint density at radius 1 is 0.833 bits per heavy atom. The van der Waals surface area contributed by atoms with Gasteiger partial charge in [0.05, 0.1) is 5.75 Å². The van der Waals surface area contributed by atoms with Gasteiger partial charge in [-0.15, -0.1) is 0 Å². The number of unbranched alkanes of at least 4 members (excludes halogenated alkanes) is 9. The van der Waals surface area contributed by atoms with E-state index in [9.17, 15) is 8.42 Å². The quantitative estimate of drug-likeness (QED) is 0.260.